The molecule has 0 bridgehead atoms. The van der Waals surface area contributed by atoms with E-state index in [9.17, 15) is 8.42 Å². The van der Waals surface area contributed by atoms with Crippen molar-refractivity contribution in [1.82, 2.24) is 9.29 Å². The van der Waals surface area contributed by atoms with Gasteiger partial charge in [0.05, 0.1) is 11.9 Å². The highest BCUT2D eigenvalue weighted by Gasteiger charge is 2.13. The summed E-state index contributed by atoms with van der Waals surface area (Å²) in [5.41, 5.74) is 0.803. The van der Waals surface area contributed by atoms with Gasteiger partial charge in [-0.15, -0.1) is 6.58 Å². The summed E-state index contributed by atoms with van der Waals surface area (Å²) in [6.07, 6.45) is 3.28. The summed E-state index contributed by atoms with van der Waals surface area (Å²) in [4.78, 5) is 3.99. The SMILES string of the molecule is C=CCNc1ccc(NS(=O)(=O)N(C)C)nc1. The molecule has 0 radical (unpaired) electrons. The largest absolute Gasteiger partial charge is 0.380 e. The van der Waals surface area contributed by atoms with Crippen LogP contribution in [0.1, 0.15) is 0 Å². The van der Waals surface area contributed by atoms with E-state index in [2.05, 4.69) is 21.6 Å². The van der Waals surface area contributed by atoms with Crippen molar-refractivity contribution in [1.29, 1.82) is 0 Å². The maximum atomic E-state index is 11.5. The molecule has 0 unspecified atom stereocenters. The van der Waals surface area contributed by atoms with Crippen molar-refractivity contribution >= 4 is 21.7 Å². The van der Waals surface area contributed by atoms with Gasteiger partial charge in [-0.3, -0.25) is 4.72 Å². The number of pyridine rings is 1. The molecule has 0 aliphatic rings. The van der Waals surface area contributed by atoms with Crippen LogP contribution in [0.15, 0.2) is 31.0 Å². The van der Waals surface area contributed by atoms with Crippen LogP contribution < -0.4 is 10.0 Å². The standard InChI is InChI=1S/C10H16N4O2S/c1-4-7-11-9-5-6-10(12-8-9)13-17(15,16)14(2)3/h4-6,8,11H,1,7H2,2-3H3,(H,12,13). The fourth-order valence-corrected chi connectivity index (χ4v) is 1.54. The molecule has 94 valence electrons. The first kappa shape index (κ1) is 13.5. The zero-order valence-electron chi connectivity index (χ0n) is 9.84. The fraction of sp³-hybridized carbons (Fsp3) is 0.300. The summed E-state index contributed by atoms with van der Waals surface area (Å²) < 4.78 is 26.4. The summed E-state index contributed by atoms with van der Waals surface area (Å²) in [7, 11) is -0.603. The molecule has 0 amide bonds. The summed E-state index contributed by atoms with van der Waals surface area (Å²) in [6.45, 7) is 4.21. The van der Waals surface area contributed by atoms with Gasteiger partial charge in [0.25, 0.3) is 0 Å². The second-order valence-electron chi connectivity index (χ2n) is 3.49. The van der Waals surface area contributed by atoms with Gasteiger partial charge in [-0.25, -0.2) is 4.98 Å². The van der Waals surface area contributed by atoms with Gasteiger partial charge in [-0.2, -0.15) is 12.7 Å². The van der Waals surface area contributed by atoms with Gasteiger partial charge in [0.1, 0.15) is 5.82 Å². The molecular weight excluding hydrogens is 240 g/mol. The number of hydrogen-bond donors (Lipinski definition) is 2. The van der Waals surface area contributed by atoms with E-state index in [1.807, 2.05) is 0 Å². The minimum absolute atomic E-state index is 0.280. The molecule has 1 heterocycles. The topological polar surface area (TPSA) is 74.3 Å². The lowest BCUT2D eigenvalue weighted by atomic mass is 10.4. The van der Waals surface area contributed by atoms with E-state index in [1.54, 1.807) is 24.4 Å². The van der Waals surface area contributed by atoms with Crippen LogP contribution in [0.25, 0.3) is 0 Å². The molecule has 0 aromatic carbocycles. The molecule has 0 spiro atoms. The van der Waals surface area contributed by atoms with Gasteiger partial charge in [0.15, 0.2) is 0 Å². The molecule has 0 saturated carbocycles. The van der Waals surface area contributed by atoms with Crippen LogP contribution in [0.5, 0.6) is 0 Å². The quantitative estimate of drug-likeness (QED) is 0.742. The van der Waals surface area contributed by atoms with E-state index >= 15 is 0 Å². The van der Waals surface area contributed by atoms with Crippen LogP contribution in [-0.2, 0) is 10.2 Å². The van der Waals surface area contributed by atoms with Crippen molar-refractivity contribution in [3.8, 4) is 0 Å². The molecule has 17 heavy (non-hydrogen) atoms. The summed E-state index contributed by atoms with van der Waals surface area (Å²) in [5, 5.41) is 3.04. The van der Waals surface area contributed by atoms with E-state index in [-0.39, 0.29) is 5.82 Å². The summed E-state index contributed by atoms with van der Waals surface area (Å²) >= 11 is 0. The highest BCUT2D eigenvalue weighted by atomic mass is 32.2. The summed E-state index contributed by atoms with van der Waals surface area (Å²) in [6, 6.07) is 3.33. The average molecular weight is 256 g/mol. The molecule has 1 rings (SSSR count). The minimum Gasteiger partial charge on any atom is -0.380 e. The first-order valence-corrected chi connectivity index (χ1v) is 6.41. The van der Waals surface area contributed by atoms with Crippen LogP contribution >= 0.6 is 0 Å². The van der Waals surface area contributed by atoms with Gasteiger partial charge in [-0.1, -0.05) is 6.08 Å². The van der Waals surface area contributed by atoms with Crippen molar-refractivity contribution in [2.24, 2.45) is 0 Å². The fourth-order valence-electron chi connectivity index (χ4n) is 0.972. The van der Waals surface area contributed by atoms with Crippen molar-refractivity contribution in [2.75, 3.05) is 30.7 Å². The number of nitrogens with one attached hydrogen (secondary N) is 2. The number of aromatic nitrogens is 1. The van der Waals surface area contributed by atoms with Crippen LogP contribution in [0.2, 0.25) is 0 Å². The van der Waals surface area contributed by atoms with Crippen molar-refractivity contribution < 1.29 is 8.42 Å². The summed E-state index contributed by atoms with van der Waals surface area (Å²) in [5.74, 6) is 0.280. The van der Waals surface area contributed by atoms with Crippen LogP contribution in [0, 0.1) is 0 Å². The van der Waals surface area contributed by atoms with E-state index in [1.165, 1.54) is 14.1 Å². The Balaban J connectivity index is 2.72. The molecule has 0 aliphatic heterocycles. The molecule has 7 heteroatoms. The number of anilines is 2. The average Bonchev–Trinajstić information content (AvgIpc) is 2.27. The van der Waals surface area contributed by atoms with E-state index in [4.69, 9.17) is 0 Å². The number of rotatable bonds is 6. The van der Waals surface area contributed by atoms with Crippen molar-refractivity contribution in [3.63, 3.8) is 0 Å². The Morgan fingerprint density at radius 3 is 2.65 bits per heavy atom. The third kappa shape index (κ3) is 4.04. The van der Waals surface area contributed by atoms with E-state index in [0.29, 0.717) is 6.54 Å². The Morgan fingerprint density at radius 1 is 1.47 bits per heavy atom. The Hall–Kier alpha value is -1.60. The van der Waals surface area contributed by atoms with Gasteiger partial charge in [0.2, 0.25) is 0 Å². The lowest BCUT2D eigenvalue weighted by Crippen LogP contribution is -2.29. The van der Waals surface area contributed by atoms with Gasteiger partial charge in [0, 0.05) is 20.6 Å². The first-order valence-electron chi connectivity index (χ1n) is 4.97. The molecule has 0 saturated heterocycles. The normalized spacial score (nSPS) is 11.2. The Labute approximate surface area is 102 Å². The molecule has 1 aromatic heterocycles. The maximum Gasteiger partial charge on any atom is 0.302 e. The Morgan fingerprint density at radius 2 is 2.18 bits per heavy atom. The second kappa shape index (κ2) is 5.65. The molecule has 0 fully saturated rings. The molecule has 2 N–H and O–H groups in total. The predicted octanol–water partition coefficient (Wildman–Crippen LogP) is 0.898. The van der Waals surface area contributed by atoms with E-state index in [0.717, 1.165) is 9.99 Å². The second-order valence-corrected chi connectivity index (χ2v) is 5.38. The highest BCUT2D eigenvalue weighted by Crippen LogP contribution is 2.11. The number of hydrogen-bond acceptors (Lipinski definition) is 4. The lowest BCUT2D eigenvalue weighted by Gasteiger charge is -2.12. The smallest absolute Gasteiger partial charge is 0.302 e. The van der Waals surface area contributed by atoms with Crippen molar-refractivity contribution in [2.45, 2.75) is 0 Å². The lowest BCUT2D eigenvalue weighted by molar-refractivity contribution is 0.526. The molecule has 0 atom stereocenters. The molecular formula is C10H16N4O2S. The van der Waals surface area contributed by atoms with Gasteiger partial charge in [-0.05, 0) is 12.1 Å². The van der Waals surface area contributed by atoms with Crippen LogP contribution in [0.4, 0.5) is 11.5 Å². The van der Waals surface area contributed by atoms with Gasteiger partial charge < -0.3 is 5.32 Å². The highest BCUT2D eigenvalue weighted by molar-refractivity contribution is 7.90. The first-order chi connectivity index (χ1) is 7.95. The zero-order valence-corrected chi connectivity index (χ0v) is 10.7. The predicted molar refractivity (Wildman–Crippen MR) is 69.2 cm³/mol. The third-order valence-electron chi connectivity index (χ3n) is 1.93. The zero-order chi connectivity index (χ0) is 12.9. The number of nitrogens with zero attached hydrogens (tertiary/aromatic N) is 2. The third-order valence-corrected chi connectivity index (χ3v) is 3.36. The molecule has 6 nitrogen and oxygen atoms in total. The Bertz CT molecular complexity index is 468. The Kier molecular flexibility index (Phi) is 4.47. The maximum absolute atomic E-state index is 11.5. The minimum atomic E-state index is -3.50. The van der Waals surface area contributed by atoms with Crippen LogP contribution in [-0.4, -0.2) is 38.3 Å². The molecule has 0 aliphatic carbocycles. The monoisotopic (exact) mass is 256 g/mol. The molecule has 1 aromatic rings. The van der Waals surface area contributed by atoms with Crippen LogP contribution in [0.3, 0.4) is 0 Å². The van der Waals surface area contributed by atoms with Crippen molar-refractivity contribution in [3.05, 3.63) is 31.0 Å². The van der Waals surface area contributed by atoms with Gasteiger partial charge >= 0.3 is 10.2 Å². The van der Waals surface area contributed by atoms with E-state index < -0.39 is 10.2 Å².